The summed E-state index contributed by atoms with van der Waals surface area (Å²) in [6.45, 7) is -0.224. The Morgan fingerprint density at radius 3 is 2.41 bits per heavy atom. The summed E-state index contributed by atoms with van der Waals surface area (Å²) < 4.78 is 4.98. The van der Waals surface area contributed by atoms with Gasteiger partial charge in [-0.2, -0.15) is 0 Å². The van der Waals surface area contributed by atoms with Crippen LogP contribution in [0.15, 0.2) is 24.3 Å². The molecular weight excluding hydrogens is 222 g/mol. The number of nitrogens with one attached hydrogen (secondary N) is 2. The number of anilines is 1. The van der Waals surface area contributed by atoms with Crippen molar-refractivity contribution in [1.29, 1.82) is 0 Å². The third-order valence-corrected chi connectivity index (χ3v) is 2.01. The molecule has 0 atom stereocenters. The average molecular weight is 237 g/mol. The van der Waals surface area contributed by atoms with Gasteiger partial charge in [-0.15, -0.1) is 0 Å². The normalized spacial score (nSPS) is 9.53. The molecule has 6 heteroatoms. The molecule has 0 radical (unpaired) electrons. The molecule has 2 amide bonds. The topological polar surface area (TPSA) is 93.5 Å². The zero-order valence-electron chi connectivity index (χ0n) is 9.53. The molecule has 0 saturated carbocycles. The largest absolute Gasteiger partial charge is 0.497 e. The molecule has 0 aliphatic rings. The maximum atomic E-state index is 11.4. The van der Waals surface area contributed by atoms with E-state index in [1.807, 2.05) is 0 Å². The van der Waals surface area contributed by atoms with E-state index in [2.05, 4.69) is 10.6 Å². The first-order valence-corrected chi connectivity index (χ1v) is 5.06. The summed E-state index contributed by atoms with van der Waals surface area (Å²) in [6.07, 6.45) is 0. The second-order valence-corrected chi connectivity index (χ2v) is 3.26. The fourth-order valence-corrected chi connectivity index (χ4v) is 1.13. The number of carbonyl (C=O) groups excluding carboxylic acids is 2. The smallest absolute Gasteiger partial charge is 0.243 e. The van der Waals surface area contributed by atoms with E-state index in [1.165, 1.54) is 0 Å². The first kappa shape index (κ1) is 13.0. The monoisotopic (exact) mass is 237 g/mol. The molecule has 92 valence electrons. The van der Waals surface area contributed by atoms with Crippen molar-refractivity contribution in [2.24, 2.45) is 5.73 Å². The van der Waals surface area contributed by atoms with Crippen LogP contribution < -0.4 is 21.1 Å². The predicted molar refractivity (Wildman–Crippen MR) is 63.7 cm³/mol. The molecule has 4 N–H and O–H groups in total. The van der Waals surface area contributed by atoms with Gasteiger partial charge in [0.05, 0.1) is 20.2 Å². The highest BCUT2D eigenvalue weighted by Gasteiger charge is 2.04. The standard InChI is InChI=1S/C11H15N3O3/c1-17-9-4-2-8(3-5-9)14-11(16)7-13-10(15)6-12/h2-5H,6-7,12H2,1H3,(H,13,15)(H,14,16). The minimum atomic E-state index is -0.366. The maximum Gasteiger partial charge on any atom is 0.243 e. The molecule has 0 heterocycles. The molecule has 1 rings (SSSR count). The minimum absolute atomic E-state index is 0.0952. The van der Waals surface area contributed by atoms with Gasteiger partial charge < -0.3 is 21.1 Å². The Morgan fingerprint density at radius 2 is 1.88 bits per heavy atom. The summed E-state index contributed by atoms with van der Waals surface area (Å²) in [5, 5.41) is 5.00. The Bertz CT molecular complexity index is 389. The molecule has 0 bridgehead atoms. The third kappa shape index (κ3) is 4.52. The maximum absolute atomic E-state index is 11.4. The van der Waals surface area contributed by atoms with E-state index in [4.69, 9.17) is 10.5 Å². The van der Waals surface area contributed by atoms with Crippen LogP contribution in [0.1, 0.15) is 0 Å². The predicted octanol–water partition coefficient (Wildman–Crippen LogP) is -0.291. The average Bonchev–Trinajstić information content (AvgIpc) is 2.36. The molecule has 0 aliphatic heterocycles. The van der Waals surface area contributed by atoms with Crippen molar-refractivity contribution in [3.05, 3.63) is 24.3 Å². The number of ether oxygens (including phenoxy) is 1. The molecule has 1 aromatic rings. The van der Waals surface area contributed by atoms with Crippen molar-refractivity contribution in [1.82, 2.24) is 5.32 Å². The SMILES string of the molecule is COc1ccc(NC(=O)CNC(=O)CN)cc1. The van der Waals surface area contributed by atoms with Gasteiger partial charge in [-0.1, -0.05) is 0 Å². The lowest BCUT2D eigenvalue weighted by Gasteiger charge is -2.06. The van der Waals surface area contributed by atoms with Crippen LogP contribution in [0.4, 0.5) is 5.69 Å². The highest BCUT2D eigenvalue weighted by Crippen LogP contribution is 2.14. The van der Waals surface area contributed by atoms with Gasteiger partial charge in [0, 0.05) is 5.69 Å². The summed E-state index contributed by atoms with van der Waals surface area (Å²) in [5.74, 6) is 0.0336. The molecule has 0 fully saturated rings. The van der Waals surface area contributed by atoms with Crippen molar-refractivity contribution in [2.75, 3.05) is 25.5 Å². The van der Waals surface area contributed by atoms with E-state index in [1.54, 1.807) is 31.4 Å². The van der Waals surface area contributed by atoms with Crippen molar-refractivity contribution in [2.45, 2.75) is 0 Å². The number of methoxy groups -OCH3 is 1. The van der Waals surface area contributed by atoms with Gasteiger partial charge in [0.25, 0.3) is 0 Å². The molecule has 1 aromatic carbocycles. The summed E-state index contributed by atoms with van der Waals surface area (Å²) in [5.41, 5.74) is 5.72. The van der Waals surface area contributed by atoms with Gasteiger partial charge in [0.2, 0.25) is 11.8 Å². The van der Waals surface area contributed by atoms with Crippen LogP contribution in [0.2, 0.25) is 0 Å². The highest BCUT2D eigenvalue weighted by atomic mass is 16.5. The number of rotatable bonds is 5. The van der Waals surface area contributed by atoms with E-state index < -0.39 is 0 Å². The van der Waals surface area contributed by atoms with Crippen LogP contribution in [0, 0.1) is 0 Å². The zero-order valence-corrected chi connectivity index (χ0v) is 9.53. The van der Waals surface area contributed by atoms with Crippen molar-refractivity contribution in [3.63, 3.8) is 0 Å². The van der Waals surface area contributed by atoms with E-state index in [-0.39, 0.29) is 24.9 Å². The molecule has 17 heavy (non-hydrogen) atoms. The lowest BCUT2D eigenvalue weighted by molar-refractivity contribution is -0.123. The van der Waals surface area contributed by atoms with Gasteiger partial charge in [-0.05, 0) is 24.3 Å². The van der Waals surface area contributed by atoms with Gasteiger partial charge in [-0.25, -0.2) is 0 Å². The fourth-order valence-electron chi connectivity index (χ4n) is 1.13. The number of benzene rings is 1. The number of hydrogen-bond acceptors (Lipinski definition) is 4. The van der Waals surface area contributed by atoms with E-state index in [0.29, 0.717) is 11.4 Å². The fraction of sp³-hybridized carbons (Fsp3) is 0.273. The number of amides is 2. The number of hydrogen-bond donors (Lipinski definition) is 3. The highest BCUT2D eigenvalue weighted by molar-refractivity contribution is 5.94. The Hall–Kier alpha value is -2.08. The van der Waals surface area contributed by atoms with Crippen molar-refractivity contribution < 1.29 is 14.3 Å². The quantitative estimate of drug-likeness (QED) is 0.656. The van der Waals surface area contributed by atoms with Crippen LogP contribution in [0.25, 0.3) is 0 Å². The van der Waals surface area contributed by atoms with Crippen molar-refractivity contribution in [3.8, 4) is 5.75 Å². The first-order chi connectivity index (χ1) is 8.15. The van der Waals surface area contributed by atoms with Crippen LogP contribution in [0.5, 0.6) is 5.75 Å². The van der Waals surface area contributed by atoms with Crippen LogP contribution in [-0.2, 0) is 9.59 Å². The van der Waals surface area contributed by atoms with Gasteiger partial charge in [0.1, 0.15) is 5.75 Å². The Labute approximate surface area is 99.1 Å². The minimum Gasteiger partial charge on any atom is -0.497 e. The molecule has 0 unspecified atom stereocenters. The number of carbonyl (C=O) groups is 2. The Balaban J connectivity index is 2.42. The second-order valence-electron chi connectivity index (χ2n) is 3.26. The Morgan fingerprint density at radius 1 is 1.24 bits per heavy atom. The van der Waals surface area contributed by atoms with Crippen LogP contribution in [-0.4, -0.2) is 32.0 Å². The lowest BCUT2D eigenvalue weighted by Crippen LogP contribution is -2.36. The van der Waals surface area contributed by atoms with Gasteiger partial charge in [0.15, 0.2) is 0 Å². The summed E-state index contributed by atoms with van der Waals surface area (Å²) >= 11 is 0. The number of nitrogens with two attached hydrogens (primary N) is 1. The lowest BCUT2D eigenvalue weighted by atomic mass is 10.3. The molecule has 0 saturated heterocycles. The second kappa shape index (κ2) is 6.49. The summed E-state index contributed by atoms with van der Waals surface area (Å²) in [6, 6.07) is 6.88. The molecule has 0 aromatic heterocycles. The van der Waals surface area contributed by atoms with E-state index >= 15 is 0 Å². The molecule has 0 aliphatic carbocycles. The van der Waals surface area contributed by atoms with Crippen LogP contribution in [0.3, 0.4) is 0 Å². The molecule has 0 spiro atoms. The summed E-state index contributed by atoms with van der Waals surface area (Å²) in [7, 11) is 1.57. The first-order valence-electron chi connectivity index (χ1n) is 5.06. The van der Waals surface area contributed by atoms with Gasteiger partial charge in [-0.3, -0.25) is 9.59 Å². The molecule has 6 nitrogen and oxygen atoms in total. The van der Waals surface area contributed by atoms with E-state index in [0.717, 1.165) is 0 Å². The molecular formula is C11H15N3O3. The zero-order chi connectivity index (χ0) is 12.7. The van der Waals surface area contributed by atoms with Gasteiger partial charge >= 0.3 is 0 Å². The van der Waals surface area contributed by atoms with E-state index in [9.17, 15) is 9.59 Å². The Kier molecular flexibility index (Phi) is 4.96. The summed E-state index contributed by atoms with van der Waals surface area (Å²) in [4.78, 5) is 22.2. The van der Waals surface area contributed by atoms with Crippen molar-refractivity contribution >= 4 is 17.5 Å². The third-order valence-electron chi connectivity index (χ3n) is 2.01. The van der Waals surface area contributed by atoms with Crippen LogP contribution >= 0.6 is 0 Å².